The fraction of sp³-hybridized carbons (Fsp3) is 0.102. The second kappa shape index (κ2) is 23.7. The van der Waals surface area contributed by atoms with Gasteiger partial charge in [0.1, 0.15) is 16.7 Å². The summed E-state index contributed by atoms with van der Waals surface area (Å²) >= 11 is 0. The van der Waals surface area contributed by atoms with Gasteiger partial charge in [0.15, 0.2) is 16.7 Å². The van der Waals surface area contributed by atoms with Crippen molar-refractivity contribution in [2.45, 2.75) is 53.0 Å². The molecule has 14 aromatic carbocycles. The highest BCUT2D eigenvalue weighted by molar-refractivity contribution is 6.40. The quantitative estimate of drug-likeness (QED) is 0.127. The van der Waals surface area contributed by atoms with Crippen LogP contribution < -0.4 is 25.1 Å². The molecule has 1 unspecified atom stereocenters. The Labute approximate surface area is 603 Å². The summed E-state index contributed by atoms with van der Waals surface area (Å²) in [6, 6.07) is 95.8. The maximum Gasteiger partial charge on any atom is 0.159 e. The Morgan fingerprint density at radius 1 is 0.452 bits per heavy atom. The molecule has 498 valence electrons. The predicted molar refractivity (Wildman–Crippen MR) is 438 cm³/mol. The maximum absolute atomic E-state index is 8.04. The van der Waals surface area contributed by atoms with Gasteiger partial charge in [-0.2, -0.15) is 0 Å². The Morgan fingerprint density at radius 2 is 1.11 bits per heavy atom. The number of para-hydroxylation sites is 4. The normalized spacial score (nSPS) is 14.5. The summed E-state index contributed by atoms with van der Waals surface area (Å²) in [4.78, 5) is 7.29. The first-order valence-electron chi connectivity index (χ1n) is 36.4. The van der Waals surface area contributed by atoms with Gasteiger partial charge in [-0.1, -0.05) is 271 Å². The highest BCUT2D eigenvalue weighted by atomic mass is 16.3. The minimum Gasteiger partial charge on any atom is -0.455 e. The van der Waals surface area contributed by atoms with Crippen LogP contribution in [0.5, 0.6) is 0 Å². The van der Waals surface area contributed by atoms with Gasteiger partial charge in [0, 0.05) is 62.3 Å². The van der Waals surface area contributed by atoms with Gasteiger partial charge in [-0.15, -0.1) is 0 Å². The molecule has 1 aliphatic carbocycles. The Bertz CT molecular complexity index is 6720. The minimum atomic E-state index is -0.161. The topological polar surface area (TPSA) is 49.1 Å². The Hall–Kier alpha value is -12.6. The number of nitrogens with zero attached hydrogens (tertiary/aromatic N) is 3. The van der Waals surface area contributed by atoms with E-state index in [4.69, 9.17) is 13.3 Å². The van der Waals surface area contributed by atoms with Crippen LogP contribution in [-0.4, -0.2) is 12.6 Å². The van der Waals surface area contributed by atoms with E-state index in [-0.39, 0.29) is 11.5 Å². The number of benzene rings is 14. The monoisotopic (exact) mass is 1340 g/mol. The molecule has 0 amide bonds. The van der Waals surface area contributed by atoms with Crippen LogP contribution in [0, 0.1) is 12.8 Å². The summed E-state index contributed by atoms with van der Waals surface area (Å²) in [7, 11) is 0. The van der Waals surface area contributed by atoms with Crippen molar-refractivity contribution in [2.75, 3.05) is 21.2 Å². The van der Waals surface area contributed by atoms with Crippen molar-refractivity contribution < 1.29 is 13.3 Å². The molecule has 6 heteroatoms. The average molecular weight is 1340 g/mol. The van der Waals surface area contributed by atoms with Crippen LogP contribution in [0.25, 0.3) is 154 Å². The van der Waals surface area contributed by atoms with Crippen molar-refractivity contribution >= 4 is 138 Å². The largest absolute Gasteiger partial charge is 0.455 e. The van der Waals surface area contributed by atoms with Gasteiger partial charge in [-0.3, -0.25) is 0 Å². The Balaban J connectivity index is 0.964. The summed E-state index contributed by atoms with van der Waals surface area (Å²) in [5, 5.41) is 15.3. The van der Waals surface area contributed by atoms with E-state index in [9.17, 15) is 0 Å². The summed E-state index contributed by atoms with van der Waals surface area (Å²) in [5.74, 6) is 0.298. The van der Waals surface area contributed by atoms with Gasteiger partial charge < -0.3 is 28.0 Å². The van der Waals surface area contributed by atoms with E-state index < -0.39 is 0 Å². The van der Waals surface area contributed by atoms with Gasteiger partial charge in [-0.25, -0.2) is 0 Å². The Kier molecular flexibility index (Phi) is 14.0. The molecule has 5 heterocycles. The van der Waals surface area contributed by atoms with Gasteiger partial charge >= 0.3 is 0 Å². The molecule has 3 aromatic heterocycles. The number of hydrogen-bond donors (Lipinski definition) is 0. The van der Waals surface area contributed by atoms with E-state index >= 15 is 0 Å². The highest BCUT2D eigenvalue weighted by Gasteiger charge is 2.34. The van der Waals surface area contributed by atoms with Crippen molar-refractivity contribution in [3.8, 4) is 44.5 Å². The second-order valence-electron chi connectivity index (χ2n) is 29.7. The van der Waals surface area contributed by atoms with Crippen molar-refractivity contribution in [3.63, 3.8) is 0 Å². The summed E-state index contributed by atoms with van der Waals surface area (Å²) in [6.07, 6.45) is 18.2. The van der Waals surface area contributed by atoms with Crippen LogP contribution in [0.4, 0.5) is 28.4 Å². The summed E-state index contributed by atoms with van der Waals surface area (Å²) in [6.45, 7) is 14.3. The third kappa shape index (κ3) is 9.69. The number of rotatable bonds is 10. The molecule has 0 radical (unpaired) electrons. The number of aryl methyl sites for hydroxylation is 1. The number of anilines is 5. The molecule has 2 aliphatic heterocycles. The van der Waals surface area contributed by atoms with E-state index in [2.05, 4.69) is 360 Å². The third-order valence-electron chi connectivity index (χ3n) is 22.1. The molecular weight excluding hydrogens is 1270 g/mol. The number of allylic oxidation sites excluding steroid dienone is 4. The molecule has 0 saturated carbocycles. The second-order valence-corrected chi connectivity index (χ2v) is 29.7. The Morgan fingerprint density at radius 3 is 1.92 bits per heavy atom. The molecule has 0 saturated heterocycles. The average Bonchev–Trinajstić information content (AvgIpc) is 1.43. The third-order valence-corrected chi connectivity index (χ3v) is 22.1. The number of furan rings is 3. The standard InChI is InChI=1S/C98H73N3O3/c1-59(2)67-30-23-51-99(57-67)85-56-79-89(66-29-19-28-65(53-66)61-44-46-63(47-45-61)72-36-20-27-62-24-13-14-33-71(62)72)88(64-25-9-7-10-26-64)80-55-84(100-58-68-52-60(3)43-49-73(68)74-34-15-17-39-81(74)100)90-77-50-48-69(98(4,5)6)54-87(77)103-97(90)93(80)91(79)92-78-38-22-41-83(95(78)104-96(85)92)101(70-31-11-8-12-32-70)82-40-21-37-76-75-35-16-18-42-86(75)102-94(76)82/h7-56,58-59,81H,57H2,1-6H3. The van der Waals surface area contributed by atoms with Crippen LogP contribution in [0.15, 0.2) is 322 Å². The lowest BCUT2D eigenvalue weighted by Crippen LogP contribution is -2.44. The van der Waals surface area contributed by atoms with E-state index in [0.29, 0.717) is 12.5 Å². The SMILES string of the molecule is Cc1ccc2c(c1)=CN(c1cc3c(-c4ccccc4)c(-c4cccc(-c5ccc(-c6cccc7ccccc67)cc5)c4)c4cc(N5C=CC=C(C(C)C)C5)c5oc6c(N(c7ccccc7)c7cccc8c7oc7ccccc78)cccc6c5c4c3c3oc4cc(C(C)(C)C)ccc4c13)C1C=CC=CC=21. The smallest absolute Gasteiger partial charge is 0.159 e. The molecule has 1 atom stereocenters. The summed E-state index contributed by atoms with van der Waals surface area (Å²) < 4.78 is 23.0. The fourth-order valence-corrected chi connectivity index (χ4v) is 17.0. The van der Waals surface area contributed by atoms with Crippen molar-refractivity contribution in [1.29, 1.82) is 0 Å². The van der Waals surface area contributed by atoms with E-state index in [0.717, 1.165) is 149 Å². The zero-order valence-electron chi connectivity index (χ0n) is 58.9. The first-order chi connectivity index (χ1) is 50.9. The van der Waals surface area contributed by atoms with E-state index in [1.165, 1.54) is 54.6 Å². The molecular formula is C98H73N3O3. The lowest BCUT2D eigenvalue weighted by Gasteiger charge is -2.34. The molecule has 20 rings (SSSR count). The highest BCUT2D eigenvalue weighted by Crippen LogP contribution is 2.57. The lowest BCUT2D eigenvalue weighted by molar-refractivity contribution is 0.588. The van der Waals surface area contributed by atoms with Crippen molar-refractivity contribution in [2.24, 2.45) is 5.92 Å². The zero-order chi connectivity index (χ0) is 69.6. The van der Waals surface area contributed by atoms with Crippen LogP contribution in [0.1, 0.15) is 45.7 Å². The lowest BCUT2D eigenvalue weighted by atomic mass is 9.81. The molecule has 104 heavy (non-hydrogen) atoms. The molecule has 0 bridgehead atoms. The maximum atomic E-state index is 8.04. The first kappa shape index (κ1) is 61.2. The van der Waals surface area contributed by atoms with Crippen LogP contribution >= 0.6 is 0 Å². The van der Waals surface area contributed by atoms with Gasteiger partial charge in [-0.05, 0) is 178 Å². The van der Waals surface area contributed by atoms with Crippen LogP contribution in [-0.2, 0) is 5.41 Å². The van der Waals surface area contributed by atoms with Crippen molar-refractivity contribution in [1.82, 2.24) is 0 Å². The fourth-order valence-electron chi connectivity index (χ4n) is 17.0. The molecule has 0 spiro atoms. The van der Waals surface area contributed by atoms with Gasteiger partial charge in [0.05, 0.1) is 34.2 Å². The number of fused-ring (bicyclic) bond motifs is 17. The van der Waals surface area contributed by atoms with Gasteiger partial charge in [0.25, 0.3) is 0 Å². The van der Waals surface area contributed by atoms with Crippen LogP contribution in [0.2, 0.25) is 0 Å². The first-order valence-corrected chi connectivity index (χ1v) is 36.4. The van der Waals surface area contributed by atoms with Crippen LogP contribution in [0.3, 0.4) is 0 Å². The minimum absolute atomic E-state index is 0.121. The molecule has 6 nitrogen and oxygen atoms in total. The van der Waals surface area contributed by atoms with Gasteiger partial charge in [0.2, 0.25) is 0 Å². The van der Waals surface area contributed by atoms with E-state index in [1.807, 2.05) is 6.07 Å². The van der Waals surface area contributed by atoms with Crippen molar-refractivity contribution in [3.05, 3.63) is 331 Å². The molecule has 0 fully saturated rings. The number of hydrogen-bond acceptors (Lipinski definition) is 6. The molecule has 17 aromatic rings. The molecule has 0 N–H and O–H groups in total. The predicted octanol–water partition coefficient (Wildman–Crippen LogP) is 25.4. The zero-order valence-corrected chi connectivity index (χ0v) is 58.9. The van der Waals surface area contributed by atoms with E-state index in [1.54, 1.807) is 0 Å². The summed E-state index contributed by atoms with van der Waals surface area (Å²) in [5.41, 5.74) is 23.4. The molecule has 3 aliphatic rings.